The Morgan fingerprint density at radius 3 is 2.50 bits per heavy atom. The monoisotopic (exact) mass is 295 g/mol. The number of alkyl halides is 3. The van der Waals surface area contributed by atoms with Crippen molar-refractivity contribution in [2.24, 2.45) is 5.73 Å². The van der Waals surface area contributed by atoms with E-state index in [1.807, 2.05) is 6.92 Å². The van der Waals surface area contributed by atoms with E-state index in [-0.39, 0.29) is 6.04 Å². The summed E-state index contributed by atoms with van der Waals surface area (Å²) < 4.78 is 38.1. The molecule has 0 aromatic heterocycles. The fourth-order valence-electron chi connectivity index (χ4n) is 1.47. The van der Waals surface area contributed by atoms with Crippen LogP contribution in [0.1, 0.15) is 36.9 Å². The molecule has 0 aliphatic rings. The van der Waals surface area contributed by atoms with Crippen LogP contribution in [0.5, 0.6) is 0 Å². The first kappa shape index (κ1) is 13.5. The third-order valence-corrected chi connectivity index (χ3v) is 3.04. The number of halogens is 4. The molecule has 1 atom stereocenters. The van der Waals surface area contributed by atoms with E-state index in [9.17, 15) is 13.2 Å². The number of hydrogen-bond donors (Lipinski definition) is 1. The molecule has 1 nitrogen and oxygen atoms in total. The molecule has 0 saturated carbocycles. The molecule has 1 unspecified atom stereocenters. The van der Waals surface area contributed by atoms with Crippen molar-refractivity contribution in [1.82, 2.24) is 0 Å². The molecular weight excluding hydrogens is 283 g/mol. The highest BCUT2D eigenvalue weighted by atomic mass is 79.9. The van der Waals surface area contributed by atoms with Crippen LogP contribution in [0.4, 0.5) is 13.2 Å². The molecule has 90 valence electrons. The van der Waals surface area contributed by atoms with Crippen molar-refractivity contribution in [3.63, 3.8) is 0 Å². The standard InChI is InChI=1S/C11H13BrF3N/c1-2-3-10(16)8-6-7(11(13,14)15)4-5-9(8)12/h4-6,10H,2-3,16H2,1H3. The largest absolute Gasteiger partial charge is 0.416 e. The van der Waals surface area contributed by atoms with Gasteiger partial charge in [0.15, 0.2) is 0 Å². The molecule has 0 radical (unpaired) electrons. The summed E-state index contributed by atoms with van der Waals surface area (Å²) in [5.41, 5.74) is 5.68. The molecule has 1 aromatic rings. The normalized spacial score (nSPS) is 13.9. The van der Waals surface area contributed by atoms with Crippen LogP contribution in [0.2, 0.25) is 0 Å². The summed E-state index contributed by atoms with van der Waals surface area (Å²) in [6.07, 6.45) is -2.81. The van der Waals surface area contributed by atoms with Gasteiger partial charge in [0.25, 0.3) is 0 Å². The van der Waals surface area contributed by atoms with Crippen molar-refractivity contribution < 1.29 is 13.2 Å². The minimum absolute atomic E-state index is 0.360. The number of rotatable bonds is 3. The van der Waals surface area contributed by atoms with Crippen LogP contribution in [0, 0.1) is 0 Å². The van der Waals surface area contributed by atoms with Gasteiger partial charge in [0.2, 0.25) is 0 Å². The van der Waals surface area contributed by atoms with Crippen molar-refractivity contribution >= 4 is 15.9 Å². The second kappa shape index (κ2) is 5.19. The van der Waals surface area contributed by atoms with Gasteiger partial charge in [0.1, 0.15) is 0 Å². The molecule has 0 spiro atoms. The van der Waals surface area contributed by atoms with Crippen LogP contribution in [0.15, 0.2) is 22.7 Å². The average Bonchev–Trinajstić information content (AvgIpc) is 2.16. The maximum absolute atomic E-state index is 12.5. The SMILES string of the molecule is CCCC(N)c1cc(C(F)(F)F)ccc1Br. The molecule has 5 heteroatoms. The van der Waals surface area contributed by atoms with Crippen molar-refractivity contribution in [3.8, 4) is 0 Å². The summed E-state index contributed by atoms with van der Waals surface area (Å²) in [6, 6.07) is 3.20. The Kier molecular flexibility index (Phi) is 4.38. The quantitative estimate of drug-likeness (QED) is 0.885. The minimum Gasteiger partial charge on any atom is -0.324 e. The second-order valence-electron chi connectivity index (χ2n) is 3.63. The Hall–Kier alpha value is -0.550. The van der Waals surface area contributed by atoms with Gasteiger partial charge in [-0.3, -0.25) is 0 Å². The van der Waals surface area contributed by atoms with Crippen LogP contribution in [-0.2, 0) is 6.18 Å². The number of nitrogens with two attached hydrogens (primary N) is 1. The first-order valence-electron chi connectivity index (χ1n) is 4.98. The second-order valence-corrected chi connectivity index (χ2v) is 4.48. The minimum atomic E-state index is -4.32. The average molecular weight is 296 g/mol. The summed E-state index contributed by atoms with van der Waals surface area (Å²) in [6.45, 7) is 1.95. The topological polar surface area (TPSA) is 26.0 Å². The molecule has 16 heavy (non-hydrogen) atoms. The predicted molar refractivity (Wildman–Crippen MR) is 61.0 cm³/mol. The van der Waals surface area contributed by atoms with Crippen LogP contribution >= 0.6 is 15.9 Å². The van der Waals surface area contributed by atoms with E-state index in [0.717, 1.165) is 18.6 Å². The fraction of sp³-hybridized carbons (Fsp3) is 0.455. The van der Waals surface area contributed by atoms with Crippen LogP contribution in [0.25, 0.3) is 0 Å². The zero-order valence-corrected chi connectivity index (χ0v) is 10.4. The van der Waals surface area contributed by atoms with E-state index in [1.54, 1.807) is 0 Å². The van der Waals surface area contributed by atoms with Crippen LogP contribution in [0.3, 0.4) is 0 Å². The van der Waals surface area contributed by atoms with Gasteiger partial charge >= 0.3 is 6.18 Å². The summed E-state index contributed by atoms with van der Waals surface area (Å²) in [5, 5.41) is 0. The highest BCUT2D eigenvalue weighted by molar-refractivity contribution is 9.10. The van der Waals surface area contributed by atoms with Crippen LogP contribution in [-0.4, -0.2) is 0 Å². The van der Waals surface area contributed by atoms with Gasteiger partial charge in [-0.25, -0.2) is 0 Å². The molecular formula is C11H13BrF3N. The lowest BCUT2D eigenvalue weighted by Gasteiger charge is -2.15. The Labute approximate surface area is 101 Å². The molecule has 1 aromatic carbocycles. The predicted octanol–water partition coefficient (Wildman–Crippen LogP) is 4.27. The number of hydrogen-bond acceptors (Lipinski definition) is 1. The molecule has 1 rings (SSSR count). The van der Waals surface area contributed by atoms with Crippen LogP contribution < -0.4 is 5.73 Å². The Morgan fingerprint density at radius 1 is 1.38 bits per heavy atom. The lowest BCUT2D eigenvalue weighted by molar-refractivity contribution is -0.137. The van der Waals surface area contributed by atoms with E-state index >= 15 is 0 Å². The Balaban J connectivity index is 3.09. The molecule has 0 bridgehead atoms. The molecule has 2 N–H and O–H groups in total. The summed E-state index contributed by atoms with van der Waals surface area (Å²) in [5.74, 6) is 0. The number of benzene rings is 1. The van der Waals surface area contributed by atoms with E-state index < -0.39 is 11.7 Å². The molecule has 0 amide bonds. The molecule has 0 saturated heterocycles. The van der Waals surface area contributed by atoms with Gasteiger partial charge in [-0.2, -0.15) is 13.2 Å². The van der Waals surface area contributed by atoms with Gasteiger partial charge in [0.05, 0.1) is 5.56 Å². The molecule has 0 heterocycles. The summed E-state index contributed by atoms with van der Waals surface area (Å²) >= 11 is 3.22. The first-order chi connectivity index (χ1) is 7.36. The molecule has 0 aliphatic heterocycles. The zero-order chi connectivity index (χ0) is 12.3. The Bertz CT molecular complexity index is 363. The highest BCUT2D eigenvalue weighted by Gasteiger charge is 2.31. The van der Waals surface area contributed by atoms with Crippen molar-refractivity contribution in [2.75, 3.05) is 0 Å². The third kappa shape index (κ3) is 3.22. The molecule has 0 aliphatic carbocycles. The van der Waals surface area contributed by atoms with Crippen molar-refractivity contribution in [1.29, 1.82) is 0 Å². The van der Waals surface area contributed by atoms with E-state index in [4.69, 9.17) is 5.73 Å². The highest BCUT2D eigenvalue weighted by Crippen LogP contribution is 2.34. The van der Waals surface area contributed by atoms with Gasteiger partial charge in [-0.1, -0.05) is 29.3 Å². The fourth-order valence-corrected chi connectivity index (χ4v) is 2.01. The maximum Gasteiger partial charge on any atom is 0.416 e. The van der Waals surface area contributed by atoms with Crippen molar-refractivity contribution in [3.05, 3.63) is 33.8 Å². The lowest BCUT2D eigenvalue weighted by Crippen LogP contribution is -2.13. The van der Waals surface area contributed by atoms with Gasteiger partial charge in [-0.15, -0.1) is 0 Å². The van der Waals surface area contributed by atoms with Gasteiger partial charge < -0.3 is 5.73 Å². The Morgan fingerprint density at radius 2 is 2.00 bits per heavy atom. The smallest absolute Gasteiger partial charge is 0.324 e. The zero-order valence-electron chi connectivity index (χ0n) is 8.81. The maximum atomic E-state index is 12.5. The first-order valence-corrected chi connectivity index (χ1v) is 5.77. The van der Waals surface area contributed by atoms with Gasteiger partial charge in [-0.05, 0) is 30.2 Å². The van der Waals surface area contributed by atoms with E-state index in [2.05, 4.69) is 15.9 Å². The molecule has 0 fully saturated rings. The van der Waals surface area contributed by atoms with Crippen molar-refractivity contribution in [2.45, 2.75) is 32.0 Å². The van der Waals surface area contributed by atoms with E-state index in [0.29, 0.717) is 16.5 Å². The van der Waals surface area contributed by atoms with E-state index in [1.165, 1.54) is 6.07 Å². The lowest BCUT2D eigenvalue weighted by atomic mass is 10.0. The summed E-state index contributed by atoms with van der Waals surface area (Å²) in [7, 11) is 0. The summed E-state index contributed by atoms with van der Waals surface area (Å²) in [4.78, 5) is 0. The van der Waals surface area contributed by atoms with Gasteiger partial charge in [0, 0.05) is 10.5 Å². The third-order valence-electron chi connectivity index (χ3n) is 2.32.